The first-order valence-electron chi connectivity index (χ1n) is 11.7. The largest absolute Gasteiger partial charge is 0.497 e. The van der Waals surface area contributed by atoms with Crippen molar-refractivity contribution in [2.24, 2.45) is 0 Å². The molecule has 0 fully saturated rings. The number of methoxy groups -OCH3 is 1. The van der Waals surface area contributed by atoms with Crippen molar-refractivity contribution < 1.29 is 23.0 Å². The van der Waals surface area contributed by atoms with E-state index in [9.17, 15) is 23.2 Å². The van der Waals surface area contributed by atoms with E-state index in [1.54, 1.807) is 31.2 Å². The number of halogens is 2. The van der Waals surface area contributed by atoms with Crippen LogP contribution in [0.2, 0.25) is 0 Å². The fraction of sp³-hybridized carbons (Fsp3) is 0.138. The minimum atomic E-state index is -0.901. The van der Waals surface area contributed by atoms with Crippen molar-refractivity contribution in [3.8, 4) is 5.75 Å². The van der Waals surface area contributed by atoms with Crippen LogP contribution in [0.3, 0.4) is 0 Å². The van der Waals surface area contributed by atoms with Crippen LogP contribution in [0.15, 0.2) is 88.6 Å². The van der Waals surface area contributed by atoms with Crippen LogP contribution in [0.25, 0.3) is 21.8 Å². The van der Waals surface area contributed by atoms with Gasteiger partial charge in [0, 0.05) is 24.3 Å². The molecule has 0 saturated carbocycles. The van der Waals surface area contributed by atoms with Gasteiger partial charge in [0.1, 0.15) is 22.9 Å². The van der Waals surface area contributed by atoms with Crippen molar-refractivity contribution in [1.82, 2.24) is 9.55 Å². The van der Waals surface area contributed by atoms with E-state index in [0.29, 0.717) is 5.75 Å². The standard InChI is InChI=1S/C20H17F2NO4.C9H7NO/c1-3-27-20(25)14-11-23(10-12-5-4-6-13(9-12)26-2)18-16(22)8-7-15(21)17(18)19(14)24;11-9-6-5-7-3-1-2-4-8(7)10-9/h4-9,11H,3,10H2,1-2H3;1-6H,(H,10,11). The van der Waals surface area contributed by atoms with Gasteiger partial charge >= 0.3 is 5.97 Å². The minimum absolute atomic E-state index is 0.0521. The molecule has 0 bridgehead atoms. The summed E-state index contributed by atoms with van der Waals surface area (Å²) < 4.78 is 40.2. The fourth-order valence-corrected chi connectivity index (χ4v) is 3.99. The number of benzene rings is 3. The number of pyridine rings is 2. The van der Waals surface area contributed by atoms with Gasteiger partial charge in [0.15, 0.2) is 0 Å². The van der Waals surface area contributed by atoms with E-state index in [1.165, 1.54) is 23.9 Å². The Labute approximate surface area is 215 Å². The summed E-state index contributed by atoms with van der Waals surface area (Å²) in [7, 11) is 1.52. The predicted molar refractivity (Wildman–Crippen MR) is 141 cm³/mol. The van der Waals surface area contributed by atoms with E-state index in [2.05, 4.69) is 4.98 Å². The van der Waals surface area contributed by atoms with Crippen LogP contribution in [-0.2, 0) is 11.3 Å². The van der Waals surface area contributed by atoms with Crippen LogP contribution in [-0.4, -0.2) is 29.2 Å². The molecule has 5 aromatic rings. The molecule has 0 atom stereocenters. The van der Waals surface area contributed by atoms with Gasteiger partial charge < -0.3 is 19.0 Å². The molecule has 0 unspecified atom stereocenters. The van der Waals surface area contributed by atoms with Crippen molar-refractivity contribution in [2.45, 2.75) is 13.5 Å². The van der Waals surface area contributed by atoms with Gasteiger partial charge in [0.2, 0.25) is 11.0 Å². The Kier molecular flexibility index (Phi) is 7.96. The second-order valence-corrected chi connectivity index (χ2v) is 8.23. The number of aromatic nitrogens is 2. The number of carbonyl (C=O) groups excluding carboxylic acids is 1. The third-order valence-corrected chi connectivity index (χ3v) is 5.74. The van der Waals surface area contributed by atoms with Crippen LogP contribution in [0, 0.1) is 11.6 Å². The lowest BCUT2D eigenvalue weighted by Crippen LogP contribution is -2.22. The molecule has 0 spiro atoms. The highest BCUT2D eigenvalue weighted by Gasteiger charge is 2.21. The summed E-state index contributed by atoms with van der Waals surface area (Å²) in [6, 6.07) is 19.9. The Morgan fingerprint density at radius 2 is 1.71 bits per heavy atom. The van der Waals surface area contributed by atoms with E-state index in [4.69, 9.17) is 9.47 Å². The lowest BCUT2D eigenvalue weighted by molar-refractivity contribution is 0.0524. The molecule has 0 aliphatic heterocycles. The number of fused-ring (bicyclic) bond motifs is 2. The summed E-state index contributed by atoms with van der Waals surface area (Å²) in [4.78, 5) is 38.3. The summed E-state index contributed by atoms with van der Waals surface area (Å²) in [5.74, 6) is -1.95. The monoisotopic (exact) mass is 518 g/mol. The third-order valence-electron chi connectivity index (χ3n) is 5.74. The molecule has 3 aromatic carbocycles. The van der Waals surface area contributed by atoms with Gasteiger partial charge in [0.05, 0.1) is 24.6 Å². The maximum Gasteiger partial charge on any atom is 0.343 e. The number of H-pyrrole nitrogens is 1. The first-order chi connectivity index (χ1) is 18.3. The summed E-state index contributed by atoms with van der Waals surface area (Å²) in [5, 5.41) is 0.579. The Bertz CT molecular complexity index is 1740. The normalized spacial score (nSPS) is 10.6. The van der Waals surface area contributed by atoms with E-state index in [0.717, 1.165) is 28.6 Å². The van der Waals surface area contributed by atoms with E-state index in [1.807, 2.05) is 30.3 Å². The zero-order valence-corrected chi connectivity index (χ0v) is 20.7. The summed E-state index contributed by atoms with van der Waals surface area (Å²) >= 11 is 0. The topological polar surface area (TPSA) is 90.4 Å². The minimum Gasteiger partial charge on any atom is -0.497 e. The molecule has 194 valence electrons. The highest BCUT2D eigenvalue weighted by molar-refractivity contribution is 5.94. The highest BCUT2D eigenvalue weighted by atomic mass is 19.1. The lowest BCUT2D eigenvalue weighted by Gasteiger charge is -2.15. The quantitative estimate of drug-likeness (QED) is 0.329. The number of rotatable bonds is 5. The van der Waals surface area contributed by atoms with Crippen LogP contribution in [0.1, 0.15) is 22.8 Å². The molecular formula is C29H24F2N2O5. The second-order valence-electron chi connectivity index (χ2n) is 8.23. The molecule has 0 radical (unpaired) electrons. The molecule has 0 aliphatic carbocycles. The number of aromatic amines is 1. The number of para-hydroxylation sites is 1. The van der Waals surface area contributed by atoms with Crippen LogP contribution < -0.4 is 15.7 Å². The van der Waals surface area contributed by atoms with Crippen LogP contribution in [0.5, 0.6) is 5.75 Å². The van der Waals surface area contributed by atoms with Crippen molar-refractivity contribution in [1.29, 1.82) is 0 Å². The van der Waals surface area contributed by atoms with Crippen molar-refractivity contribution in [3.63, 3.8) is 0 Å². The molecule has 0 amide bonds. The average Bonchev–Trinajstić information content (AvgIpc) is 2.92. The van der Waals surface area contributed by atoms with Crippen molar-refractivity contribution in [3.05, 3.63) is 122 Å². The Morgan fingerprint density at radius 3 is 2.47 bits per heavy atom. The van der Waals surface area contributed by atoms with Gasteiger partial charge in [-0.3, -0.25) is 9.59 Å². The fourth-order valence-electron chi connectivity index (χ4n) is 3.99. The Hall–Kier alpha value is -4.79. The molecule has 38 heavy (non-hydrogen) atoms. The zero-order valence-electron chi connectivity index (χ0n) is 20.7. The summed E-state index contributed by atoms with van der Waals surface area (Å²) in [5.41, 5.74) is 0.0939. The van der Waals surface area contributed by atoms with Crippen LogP contribution in [0.4, 0.5) is 8.78 Å². The average molecular weight is 519 g/mol. The summed E-state index contributed by atoms with van der Waals surface area (Å²) in [6.07, 6.45) is 1.20. The highest BCUT2D eigenvalue weighted by Crippen LogP contribution is 2.22. The van der Waals surface area contributed by atoms with Gasteiger partial charge in [-0.05, 0) is 54.3 Å². The first-order valence-corrected chi connectivity index (χ1v) is 11.7. The number of hydrogen-bond acceptors (Lipinski definition) is 5. The van der Waals surface area contributed by atoms with Crippen molar-refractivity contribution in [2.75, 3.05) is 13.7 Å². The lowest BCUT2D eigenvalue weighted by atomic mass is 10.1. The molecule has 7 nitrogen and oxygen atoms in total. The maximum atomic E-state index is 14.5. The second kappa shape index (κ2) is 11.5. The smallest absolute Gasteiger partial charge is 0.343 e. The zero-order chi connectivity index (χ0) is 27.2. The molecule has 1 N–H and O–H groups in total. The number of hydrogen-bond donors (Lipinski definition) is 1. The van der Waals surface area contributed by atoms with E-state index >= 15 is 0 Å². The number of carbonyl (C=O) groups is 1. The molecular weight excluding hydrogens is 494 g/mol. The molecule has 2 heterocycles. The number of ether oxygens (including phenoxy) is 2. The van der Waals surface area contributed by atoms with Gasteiger partial charge in [-0.25, -0.2) is 13.6 Å². The van der Waals surface area contributed by atoms with Crippen LogP contribution >= 0.6 is 0 Å². The van der Waals surface area contributed by atoms with E-state index < -0.39 is 28.4 Å². The number of esters is 1. The Balaban J connectivity index is 0.000000253. The van der Waals surface area contributed by atoms with Gasteiger partial charge in [-0.15, -0.1) is 0 Å². The number of nitrogens with one attached hydrogen (secondary N) is 1. The number of nitrogens with zero attached hydrogens (tertiary/aromatic N) is 1. The van der Waals surface area contributed by atoms with Crippen molar-refractivity contribution >= 4 is 27.8 Å². The Morgan fingerprint density at radius 1 is 0.947 bits per heavy atom. The van der Waals surface area contributed by atoms with Gasteiger partial charge in [-0.2, -0.15) is 0 Å². The van der Waals surface area contributed by atoms with E-state index in [-0.39, 0.29) is 29.8 Å². The molecule has 9 heteroatoms. The maximum absolute atomic E-state index is 14.5. The van der Waals surface area contributed by atoms with Gasteiger partial charge in [0.25, 0.3) is 0 Å². The molecule has 0 saturated heterocycles. The first kappa shape index (κ1) is 26.3. The molecule has 5 rings (SSSR count). The predicted octanol–water partition coefficient (Wildman–Crippen LogP) is 5.04. The third kappa shape index (κ3) is 5.62. The van der Waals surface area contributed by atoms with Gasteiger partial charge in [-0.1, -0.05) is 30.3 Å². The molecule has 0 aliphatic rings. The molecule has 2 aromatic heterocycles. The SMILES string of the molecule is CCOC(=O)c1cn(Cc2cccc(OC)c2)c2c(F)ccc(F)c2c1=O.O=c1ccc2ccccc2[nH]1. The summed E-state index contributed by atoms with van der Waals surface area (Å²) in [6.45, 7) is 1.74.